The summed E-state index contributed by atoms with van der Waals surface area (Å²) < 4.78 is 0. The van der Waals surface area contributed by atoms with Crippen LogP contribution >= 0.6 is 0 Å². The van der Waals surface area contributed by atoms with Gasteiger partial charge in [-0.1, -0.05) is 44.5 Å². The second-order valence-electron chi connectivity index (χ2n) is 3.38. The van der Waals surface area contributed by atoms with E-state index in [0.29, 0.717) is 0 Å². The minimum Gasteiger partial charge on any atom is -0.228 e. The highest BCUT2D eigenvalue weighted by Gasteiger charge is 2.07. The van der Waals surface area contributed by atoms with Gasteiger partial charge >= 0.3 is 0 Å². The van der Waals surface area contributed by atoms with Crippen molar-refractivity contribution >= 4 is 0 Å². The van der Waals surface area contributed by atoms with Crippen molar-refractivity contribution in [3.05, 3.63) is 35.4 Å². The molecule has 1 aromatic carbocycles. The summed E-state index contributed by atoms with van der Waals surface area (Å²) in [7, 11) is 0. The van der Waals surface area contributed by atoms with Gasteiger partial charge in [0.2, 0.25) is 0 Å². The lowest BCUT2D eigenvalue weighted by molar-refractivity contribution is 0.0804. The summed E-state index contributed by atoms with van der Waals surface area (Å²) in [5.74, 6) is 0. The first kappa shape index (κ1) is 10.3. The maximum atomic E-state index is 11.6. The molecule has 0 aromatic heterocycles. The van der Waals surface area contributed by atoms with E-state index < -0.39 is 6.10 Å². The molecule has 0 fully saturated rings. The fourth-order valence-electron chi connectivity index (χ4n) is 1.44. The summed E-state index contributed by atoms with van der Waals surface area (Å²) in [5.41, 5.74) is 2.20. The predicted octanol–water partition coefficient (Wildman–Crippen LogP) is 3.52. The maximum absolute atomic E-state index is 11.6. The molecular weight excluding hydrogens is 160 g/mol. The summed E-state index contributed by atoms with van der Waals surface area (Å²) in [6.45, 7) is 4.16. The summed E-state index contributed by atoms with van der Waals surface area (Å²) in [4.78, 5) is 0. The van der Waals surface area contributed by atoms with Crippen LogP contribution < -0.4 is 0 Å². The normalized spacial score (nSPS) is 12.8. The maximum Gasteiger partial charge on any atom is 0.118 e. The van der Waals surface area contributed by atoms with E-state index in [9.17, 15) is 5.11 Å². The lowest BCUT2D eigenvalue weighted by Crippen LogP contribution is -1.95. The molecule has 0 bridgehead atoms. The van der Waals surface area contributed by atoms with Crippen LogP contribution in [0.1, 0.15) is 43.9 Å². The Morgan fingerprint density at radius 1 is 1.31 bits per heavy atom. The Morgan fingerprint density at radius 2 is 2.08 bits per heavy atom. The predicted molar refractivity (Wildman–Crippen MR) is 54.2 cm³/mol. The van der Waals surface area contributed by atoms with E-state index in [2.05, 4.69) is 19.9 Å². The highest BCUT2D eigenvalue weighted by molar-refractivity contribution is 5.24. The molecule has 0 aliphatic carbocycles. The highest BCUT2D eigenvalue weighted by Crippen LogP contribution is 2.19. The molecule has 13 heavy (non-hydrogen) atoms. The van der Waals surface area contributed by atoms with Crippen molar-refractivity contribution in [3.8, 4) is 0 Å². The minimum absolute atomic E-state index is 0.531. The standard InChI is InChI=1S/C12H17O/c1-3-6-12(13)11-8-5-7-10(4-2)9-11/h5,7-9,12H,3-4,6H2,1-2H3. The van der Waals surface area contributed by atoms with E-state index in [4.69, 9.17) is 0 Å². The highest BCUT2D eigenvalue weighted by atomic mass is 16.3. The summed E-state index contributed by atoms with van der Waals surface area (Å²) >= 11 is 0. The second-order valence-corrected chi connectivity index (χ2v) is 3.38. The van der Waals surface area contributed by atoms with Crippen molar-refractivity contribution in [3.63, 3.8) is 0 Å². The molecule has 1 rings (SSSR count). The molecule has 0 aliphatic heterocycles. The summed E-state index contributed by atoms with van der Waals surface area (Å²) in [6.07, 6.45) is 2.18. The Kier molecular flexibility index (Phi) is 3.97. The molecule has 0 aliphatic rings. The average molecular weight is 177 g/mol. The van der Waals surface area contributed by atoms with Gasteiger partial charge in [0.05, 0.1) is 0 Å². The number of aryl methyl sites for hydroxylation is 1. The summed E-state index contributed by atoms with van der Waals surface area (Å²) in [6, 6.07) is 8.02. The Labute approximate surface area is 80.4 Å². The molecule has 1 aromatic rings. The average Bonchev–Trinajstić information content (AvgIpc) is 2.18. The first-order valence-corrected chi connectivity index (χ1v) is 5.02. The lowest BCUT2D eigenvalue weighted by Gasteiger charge is -2.08. The van der Waals surface area contributed by atoms with E-state index in [1.165, 1.54) is 5.56 Å². The van der Waals surface area contributed by atoms with E-state index in [1.54, 1.807) is 0 Å². The monoisotopic (exact) mass is 177 g/mol. The van der Waals surface area contributed by atoms with E-state index in [1.807, 2.05) is 18.2 Å². The van der Waals surface area contributed by atoms with Crippen molar-refractivity contribution in [1.82, 2.24) is 0 Å². The summed E-state index contributed by atoms with van der Waals surface area (Å²) in [5, 5.41) is 11.6. The smallest absolute Gasteiger partial charge is 0.118 e. The van der Waals surface area contributed by atoms with Crippen LogP contribution in [0.25, 0.3) is 0 Å². The molecule has 0 heterocycles. The van der Waals surface area contributed by atoms with Crippen molar-refractivity contribution in [2.75, 3.05) is 0 Å². The van der Waals surface area contributed by atoms with Crippen LogP contribution in [0.3, 0.4) is 0 Å². The number of rotatable bonds is 4. The second kappa shape index (κ2) is 5.03. The third kappa shape index (κ3) is 2.85. The number of benzene rings is 1. The van der Waals surface area contributed by atoms with Crippen LogP contribution in [-0.4, -0.2) is 0 Å². The molecule has 0 amide bonds. The van der Waals surface area contributed by atoms with Gasteiger partial charge < -0.3 is 0 Å². The van der Waals surface area contributed by atoms with E-state index >= 15 is 0 Å². The Balaban J connectivity index is 2.75. The SMILES string of the molecule is CCCC([O])c1cccc(CC)c1. The van der Waals surface area contributed by atoms with Crippen molar-refractivity contribution in [2.24, 2.45) is 0 Å². The van der Waals surface area contributed by atoms with Gasteiger partial charge in [-0.3, -0.25) is 0 Å². The zero-order chi connectivity index (χ0) is 9.68. The molecule has 1 heteroatoms. The molecule has 0 spiro atoms. The number of hydrogen-bond donors (Lipinski definition) is 0. The van der Waals surface area contributed by atoms with Crippen LogP contribution in [0.2, 0.25) is 0 Å². The molecule has 0 saturated carbocycles. The Bertz CT molecular complexity index is 255. The zero-order valence-electron chi connectivity index (χ0n) is 8.42. The molecule has 71 valence electrons. The molecule has 0 N–H and O–H groups in total. The van der Waals surface area contributed by atoms with Crippen LogP contribution in [0, 0.1) is 0 Å². The first-order chi connectivity index (χ1) is 6.27. The van der Waals surface area contributed by atoms with Gasteiger partial charge in [0.15, 0.2) is 0 Å². The van der Waals surface area contributed by atoms with Crippen LogP contribution in [0.5, 0.6) is 0 Å². The van der Waals surface area contributed by atoms with E-state index in [0.717, 1.165) is 24.8 Å². The van der Waals surface area contributed by atoms with Gasteiger partial charge in [-0.2, -0.15) is 0 Å². The Morgan fingerprint density at radius 3 is 2.69 bits per heavy atom. The van der Waals surface area contributed by atoms with Crippen molar-refractivity contribution < 1.29 is 5.11 Å². The van der Waals surface area contributed by atoms with Crippen LogP contribution in [0.15, 0.2) is 24.3 Å². The quantitative estimate of drug-likeness (QED) is 0.670. The molecule has 1 atom stereocenters. The van der Waals surface area contributed by atoms with Gasteiger partial charge in [-0.25, -0.2) is 5.11 Å². The van der Waals surface area contributed by atoms with Gasteiger partial charge in [-0.05, 0) is 24.0 Å². The molecule has 1 unspecified atom stereocenters. The van der Waals surface area contributed by atoms with Crippen LogP contribution in [0.4, 0.5) is 0 Å². The zero-order valence-corrected chi connectivity index (χ0v) is 8.42. The third-order valence-corrected chi connectivity index (χ3v) is 2.28. The van der Waals surface area contributed by atoms with Gasteiger partial charge in [0.1, 0.15) is 6.10 Å². The molecule has 1 radical (unpaired) electrons. The van der Waals surface area contributed by atoms with E-state index in [-0.39, 0.29) is 0 Å². The van der Waals surface area contributed by atoms with Gasteiger partial charge in [0.25, 0.3) is 0 Å². The fourth-order valence-corrected chi connectivity index (χ4v) is 1.44. The van der Waals surface area contributed by atoms with Crippen molar-refractivity contribution in [2.45, 2.75) is 39.2 Å². The topological polar surface area (TPSA) is 19.9 Å². The van der Waals surface area contributed by atoms with Gasteiger partial charge in [0, 0.05) is 0 Å². The molecular formula is C12H17O. The molecule has 1 nitrogen and oxygen atoms in total. The van der Waals surface area contributed by atoms with Gasteiger partial charge in [-0.15, -0.1) is 0 Å². The largest absolute Gasteiger partial charge is 0.228 e. The minimum atomic E-state index is -0.531. The fraction of sp³-hybridized carbons (Fsp3) is 0.500. The van der Waals surface area contributed by atoms with Crippen LogP contribution in [-0.2, 0) is 11.5 Å². The third-order valence-electron chi connectivity index (χ3n) is 2.28. The first-order valence-electron chi connectivity index (χ1n) is 5.02. The number of hydrogen-bond acceptors (Lipinski definition) is 0. The Hall–Kier alpha value is -0.820. The van der Waals surface area contributed by atoms with Crippen molar-refractivity contribution in [1.29, 1.82) is 0 Å². The lowest BCUT2D eigenvalue weighted by atomic mass is 10.0. The molecule has 0 saturated heterocycles.